The fraction of sp³-hybridized carbons (Fsp3) is 0.444. The van der Waals surface area contributed by atoms with Gasteiger partial charge in [-0.3, -0.25) is 9.48 Å². The summed E-state index contributed by atoms with van der Waals surface area (Å²) in [6.45, 7) is 4.31. The number of nitrogens with zero attached hydrogens (tertiary/aromatic N) is 3. The third-order valence-corrected chi connectivity index (χ3v) is 6.28. The van der Waals surface area contributed by atoms with Gasteiger partial charge in [-0.15, -0.1) is 0 Å². The lowest BCUT2D eigenvalue weighted by Crippen LogP contribution is -2.24. The second-order valence-electron chi connectivity index (χ2n) is 6.48. The third kappa shape index (κ3) is 4.50. The smallest absolute Gasteiger partial charge is 0.242 e. The number of hydrogen-bond donors (Lipinski definition) is 1. The first-order valence-corrected chi connectivity index (χ1v) is 9.84. The van der Waals surface area contributed by atoms with Crippen LogP contribution in [0.1, 0.15) is 28.9 Å². The highest BCUT2D eigenvalue weighted by atomic mass is 32.2. The maximum atomic E-state index is 12.1. The van der Waals surface area contributed by atoms with Crippen molar-refractivity contribution in [2.45, 2.75) is 38.1 Å². The number of carbonyl (C=O) groups excluding carboxylic acids is 1. The summed E-state index contributed by atoms with van der Waals surface area (Å²) in [7, 11) is 1.45. The van der Waals surface area contributed by atoms with E-state index in [0.29, 0.717) is 19.4 Å². The first kappa shape index (κ1) is 20.1. The number of hydrogen-bond acceptors (Lipinski definition) is 4. The molecular formula is C18H26N4O3S. The van der Waals surface area contributed by atoms with E-state index in [1.807, 2.05) is 25.6 Å². The molecule has 7 nitrogen and oxygen atoms in total. The van der Waals surface area contributed by atoms with Gasteiger partial charge < -0.3 is 5.32 Å². The number of benzene rings is 1. The predicted octanol–water partition coefficient (Wildman–Crippen LogP) is 1.54. The van der Waals surface area contributed by atoms with Crippen LogP contribution in [0.4, 0.5) is 0 Å². The van der Waals surface area contributed by atoms with Crippen molar-refractivity contribution in [2.24, 2.45) is 7.05 Å². The molecule has 0 aliphatic rings. The van der Waals surface area contributed by atoms with Crippen LogP contribution in [0, 0.1) is 13.8 Å². The average Bonchev–Trinajstić information content (AvgIpc) is 2.83. The Morgan fingerprint density at radius 3 is 2.31 bits per heavy atom. The van der Waals surface area contributed by atoms with Gasteiger partial charge in [-0.05, 0) is 43.5 Å². The monoisotopic (exact) mass is 378 g/mol. The van der Waals surface area contributed by atoms with Gasteiger partial charge in [0.2, 0.25) is 15.9 Å². The highest BCUT2D eigenvalue weighted by Crippen LogP contribution is 2.15. The molecule has 0 saturated carbocycles. The molecule has 0 bridgehead atoms. The summed E-state index contributed by atoms with van der Waals surface area (Å²) >= 11 is 0. The number of carbonyl (C=O) groups is 1. The van der Waals surface area contributed by atoms with Crippen LogP contribution in [0.25, 0.3) is 0 Å². The van der Waals surface area contributed by atoms with E-state index < -0.39 is 10.0 Å². The van der Waals surface area contributed by atoms with E-state index in [2.05, 4.69) is 10.4 Å². The molecule has 0 fully saturated rings. The summed E-state index contributed by atoms with van der Waals surface area (Å²) in [6, 6.07) is 6.54. The van der Waals surface area contributed by atoms with Crippen molar-refractivity contribution in [1.82, 2.24) is 19.4 Å². The highest BCUT2D eigenvalue weighted by Gasteiger charge is 2.16. The summed E-state index contributed by atoms with van der Waals surface area (Å²) in [5.41, 5.74) is 3.99. The van der Waals surface area contributed by atoms with E-state index in [1.165, 1.54) is 18.4 Å². The number of aryl methyl sites for hydroxylation is 2. The summed E-state index contributed by atoms with van der Waals surface area (Å²) in [5.74, 6) is -0.0438. The lowest BCUT2D eigenvalue weighted by atomic mass is 10.1. The number of amides is 1. The fourth-order valence-corrected chi connectivity index (χ4v) is 3.60. The Kier molecular flexibility index (Phi) is 6.20. The zero-order valence-electron chi connectivity index (χ0n) is 15.9. The molecule has 1 heterocycles. The van der Waals surface area contributed by atoms with Gasteiger partial charge in [0.25, 0.3) is 0 Å². The average molecular weight is 378 g/mol. The molecule has 26 heavy (non-hydrogen) atoms. The maximum Gasteiger partial charge on any atom is 0.242 e. The SMILES string of the molecule is Cc1nn(C)c(C)c1CCC(=O)NCc1ccc(S(=O)(=O)N(C)C)cc1. The van der Waals surface area contributed by atoms with Crippen LogP contribution in [0.3, 0.4) is 0 Å². The molecule has 0 aliphatic carbocycles. The van der Waals surface area contributed by atoms with Crippen molar-refractivity contribution in [2.75, 3.05) is 14.1 Å². The zero-order chi connectivity index (χ0) is 19.5. The molecule has 1 amide bonds. The van der Waals surface area contributed by atoms with E-state index in [0.717, 1.165) is 22.5 Å². The van der Waals surface area contributed by atoms with Gasteiger partial charge in [-0.2, -0.15) is 5.10 Å². The quantitative estimate of drug-likeness (QED) is 0.792. The minimum absolute atomic E-state index is 0.0438. The molecule has 1 aromatic carbocycles. The van der Waals surface area contributed by atoms with Crippen molar-refractivity contribution in [3.63, 3.8) is 0 Å². The number of sulfonamides is 1. The molecule has 0 radical (unpaired) electrons. The van der Waals surface area contributed by atoms with Crippen LogP contribution in [0.5, 0.6) is 0 Å². The Labute approximate surface area is 155 Å². The largest absolute Gasteiger partial charge is 0.352 e. The summed E-state index contributed by atoms with van der Waals surface area (Å²) in [4.78, 5) is 12.3. The second-order valence-corrected chi connectivity index (χ2v) is 8.63. The molecule has 0 atom stereocenters. The molecule has 1 aromatic heterocycles. The molecule has 0 spiro atoms. The molecular weight excluding hydrogens is 352 g/mol. The van der Waals surface area contributed by atoms with Gasteiger partial charge >= 0.3 is 0 Å². The van der Waals surface area contributed by atoms with E-state index >= 15 is 0 Å². The van der Waals surface area contributed by atoms with E-state index in [-0.39, 0.29) is 10.8 Å². The highest BCUT2D eigenvalue weighted by molar-refractivity contribution is 7.89. The Hall–Kier alpha value is -2.19. The number of rotatable bonds is 7. The van der Waals surface area contributed by atoms with Crippen LogP contribution < -0.4 is 5.32 Å². The van der Waals surface area contributed by atoms with Crippen LogP contribution in [0.2, 0.25) is 0 Å². The van der Waals surface area contributed by atoms with Crippen molar-refractivity contribution in [1.29, 1.82) is 0 Å². The molecule has 2 aromatic rings. The Balaban J connectivity index is 1.89. The molecule has 1 N–H and O–H groups in total. The second kappa shape index (κ2) is 8.01. The molecule has 0 saturated heterocycles. The fourth-order valence-electron chi connectivity index (χ4n) is 2.70. The summed E-state index contributed by atoms with van der Waals surface area (Å²) < 4.78 is 27.1. The van der Waals surface area contributed by atoms with E-state index in [4.69, 9.17) is 0 Å². The molecule has 2 rings (SSSR count). The summed E-state index contributed by atoms with van der Waals surface area (Å²) in [6.07, 6.45) is 1.04. The first-order chi connectivity index (χ1) is 12.1. The summed E-state index contributed by atoms with van der Waals surface area (Å²) in [5, 5.41) is 7.22. The van der Waals surface area contributed by atoms with Crippen molar-refractivity contribution < 1.29 is 13.2 Å². The topological polar surface area (TPSA) is 84.3 Å². The van der Waals surface area contributed by atoms with Gasteiger partial charge in [-0.25, -0.2) is 12.7 Å². The maximum absolute atomic E-state index is 12.1. The van der Waals surface area contributed by atoms with Gasteiger partial charge in [-0.1, -0.05) is 12.1 Å². The lowest BCUT2D eigenvalue weighted by Gasteiger charge is -2.12. The zero-order valence-corrected chi connectivity index (χ0v) is 16.7. The Morgan fingerprint density at radius 2 is 1.81 bits per heavy atom. The van der Waals surface area contributed by atoms with Gasteiger partial charge in [0.1, 0.15) is 0 Å². The van der Waals surface area contributed by atoms with Crippen molar-refractivity contribution in [3.8, 4) is 0 Å². The van der Waals surface area contributed by atoms with Gasteiger partial charge in [0.05, 0.1) is 10.6 Å². The number of nitrogens with one attached hydrogen (secondary N) is 1. The van der Waals surface area contributed by atoms with Gasteiger partial charge in [0.15, 0.2) is 0 Å². The lowest BCUT2D eigenvalue weighted by molar-refractivity contribution is -0.121. The Morgan fingerprint density at radius 1 is 1.19 bits per heavy atom. The normalized spacial score (nSPS) is 11.8. The molecule has 142 valence electrons. The Bertz CT molecular complexity index is 884. The first-order valence-electron chi connectivity index (χ1n) is 8.40. The van der Waals surface area contributed by atoms with Crippen molar-refractivity contribution >= 4 is 15.9 Å². The predicted molar refractivity (Wildman–Crippen MR) is 100 cm³/mol. The van der Waals surface area contributed by atoms with E-state index in [9.17, 15) is 13.2 Å². The van der Waals surface area contributed by atoms with E-state index in [1.54, 1.807) is 24.3 Å². The standard InChI is InChI=1S/C18H26N4O3S/c1-13-17(14(2)22(5)20-13)10-11-18(23)19-12-15-6-8-16(9-7-15)26(24,25)21(3)4/h6-9H,10-12H2,1-5H3,(H,19,23). The van der Waals surface area contributed by atoms with Gasteiger partial charge in [0, 0.05) is 39.8 Å². The number of aromatic nitrogens is 2. The molecule has 8 heteroatoms. The third-order valence-electron chi connectivity index (χ3n) is 4.45. The van der Waals surface area contributed by atoms with Crippen molar-refractivity contribution in [3.05, 3.63) is 46.8 Å². The molecule has 0 unspecified atom stereocenters. The van der Waals surface area contributed by atoms with Crippen LogP contribution in [0.15, 0.2) is 29.2 Å². The minimum Gasteiger partial charge on any atom is -0.352 e. The van der Waals surface area contributed by atoms with Crippen LogP contribution >= 0.6 is 0 Å². The minimum atomic E-state index is -3.43. The van der Waals surface area contributed by atoms with Crippen LogP contribution in [-0.4, -0.2) is 42.5 Å². The van der Waals surface area contributed by atoms with Crippen LogP contribution in [-0.2, 0) is 34.8 Å². The molecule has 0 aliphatic heterocycles.